The van der Waals surface area contributed by atoms with Crippen molar-refractivity contribution in [2.75, 3.05) is 0 Å². The summed E-state index contributed by atoms with van der Waals surface area (Å²) in [5.41, 5.74) is 1.28. The molecule has 3 rings (SSSR count). The minimum Gasteiger partial charge on any atom is -0.490 e. The summed E-state index contributed by atoms with van der Waals surface area (Å²) in [6.45, 7) is 0. The summed E-state index contributed by atoms with van der Waals surface area (Å²) < 4.78 is 11.9. The zero-order valence-electron chi connectivity index (χ0n) is 12.7. The van der Waals surface area contributed by atoms with E-state index in [-0.39, 0.29) is 12.2 Å². The average molecular weight is 310 g/mol. The first-order valence-corrected chi connectivity index (χ1v) is 7.70. The van der Waals surface area contributed by atoms with Gasteiger partial charge in [-0.1, -0.05) is 0 Å². The molecule has 1 aliphatic carbocycles. The molecule has 0 aromatic heterocycles. The lowest BCUT2D eigenvalue weighted by Crippen LogP contribution is -2.17. The van der Waals surface area contributed by atoms with Crippen molar-refractivity contribution >= 4 is 12.6 Å². The van der Waals surface area contributed by atoms with Crippen LogP contribution in [0.15, 0.2) is 48.5 Å². The highest BCUT2D eigenvalue weighted by molar-refractivity contribution is 5.75. The maximum atomic E-state index is 10.6. The Balaban J connectivity index is 1.52. The minimum atomic E-state index is 0.122. The summed E-state index contributed by atoms with van der Waals surface area (Å²) in [6, 6.07) is 14.3. The molecule has 1 saturated carbocycles. The van der Waals surface area contributed by atoms with Crippen LogP contribution >= 0.6 is 0 Å². The highest BCUT2D eigenvalue weighted by Gasteiger charge is 2.27. The Morgan fingerprint density at radius 3 is 1.43 bits per heavy atom. The number of carbonyl (C=O) groups excluding carboxylic acids is 2. The largest absolute Gasteiger partial charge is 0.490 e. The smallest absolute Gasteiger partial charge is 0.150 e. The van der Waals surface area contributed by atoms with Gasteiger partial charge < -0.3 is 9.47 Å². The molecule has 1 fully saturated rings. The van der Waals surface area contributed by atoms with Gasteiger partial charge in [0.1, 0.15) is 36.3 Å². The fourth-order valence-corrected chi connectivity index (χ4v) is 2.75. The minimum absolute atomic E-state index is 0.122. The van der Waals surface area contributed by atoms with Gasteiger partial charge in [-0.25, -0.2) is 0 Å². The van der Waals surface area contributed by atoms with E-state index >= 15 is 0 Å². The van der Waals surface area contributed by atoms with E-state index < -0.39 is 0 Å². The van der Waals surface area contributed by atoms with Crippen LogP contribution in [0.1, 0.15) is 40.0 Å². The summed E-state index contributed by atoms with van der Waals surface area (Å²) >= 11 is 0. The van der Waals surface area contributed by atoms with E-state index in [1.54, 1.807) is 24.3 Å². The van der Waals surface area contributed by atoms with Gasteiger partial charge in [0.15, 0.2) is 0 Å². The third-order valence-corrected chi connectivity index (χ3v) is 3.97. The SMILES string of the molecule is O=Cc1ccc(O[C@H]2CC[C@H](Oc3ccc(C=O)cc3)C2)cc1. The molecular formula is C19H18O4. The first-order valence-electron chi connectivity index (χ1n) is 7.70. The first-order chi connectivity index (χ1) is 11.3. The van der Waals surface area contributed by atoms with Crippen LogP contribution in [0.3, 0.4) is 0 Å². The fourth-order valence-electron chi connectivity index (χ4n) is 2.75. The standard InChI is InChI=1S/C19H18O4/c20-12-14-1-5-16(6-2-14)22-18-9-10-19(11-18)23-17-7-3-15(13-21)4-8-17/h1-8,12-13,18-19H,9-11H2/t18-,19-/m0/s1. The number of aldehydes is 2. The molecule has 2 aromatic carbocycles. The summed E-state index contributed by atoms with van der Waals surface area (Å²) in [6.07, 6.45) is 4.58. The van der Waals surface area contributed by atoms with Crippen LogP contribution in [-0.2, 0) is 0 Å². The molecule has 2 aromatic rings. The Kier molecular flexibility index (Phi) is 4.71. The van der Waals surface area contributed by atoms with Crippen molar-refractivity contribution in [1.29, 1.82) is 0 Å². The topological polar surface area (TPSA) is 52.6 Å². The fraction of sp³-hybridized carbons (Fsp3) is 0.263. The molecule has 0 N–H and O–H groups in total. The van der Waals surface area contributed by atoms with E-state index in [1.807, 2.05) is 24.3 Å². The lowest BCUT2D eigenvalue weighted by molar-refractivity contribution is 0.111. The van der Waals surface area contributed by atoms with Gasteiger partial charge in [0, 0.05) is 17.5 Å². The van der Waals surface area contributed by atoms with Gasteiger partial charge in [-0.2, -0.15) is 0 Å². The molecule has 1 aliphatic rings. The molecule has 0 amide bonds. The molecular weight excluding hydrogens is 292 g/mol. The Morgan fingerprint density at radius 1 is 0.696 bits per heavy atom. The van der Waals surface area contributed by atoms with Crippen LogP contribution in [0.2, 0.25) is 0 Å². The molecule has 2 atom stereocenters. The number of carbonyl (C=O) groups is 2. The number of hydrogen-bond acceptors (Lipinski definition) is 4. The van der Waals surface area contributed by atoms with Crippen LogP contribution in [0.25, 0.3) is 0 Å². The van der Waals surface area contributed by atoms with Crippen molar-refractivity contribution < 1.29 is 19.1 Å². The molecule has 0 heterocycles. The van der Waals surface area contributed by atoms with E-state index in [0.29, 0.717) is 11.1 Å². The Morgan fingerprint density at radius 2 is 1.09 bits per heavy atom. The Bertz CT molecular complexity index is 601. The predicted octanol–water partition coefficient (Wildman–Crippen LogP) is 3.69. The average Bonchev–Trinajstić information content (AvgIpc) is 3.03. The Hall–Kier alpha value is -2.62. The summed E-state index contributed by atoms with van der Waals surface area (Å²) in [4.78, 5) is 21.3. The molecule has 118 valence electrons. The van der Waals surface area contributed by atoms with Crippen molar-refractivity contribution in [2.45, 2.75) is 31.5 Å². The zero-order chi connectivity index (χ0) is 16.1. The van der Waals surface area contributed by atoms with Gasteiger partial charge in [-0.15, -0.1) is 0 Å². The lowest BCUT2D eigenvalue weighted by atomic mass is 10.2. The second-order valence-corrected chi connectivity index (χ2v) is 5.67. The third-order valence-electron chi connectivity index (χ3n) is 3.97. The number of ether oxygens (including phenoxy) is 2. The quantitative estimate of drug-likeness (QED) is 0.764. The van der Waals surface area contributed by atoms with E-state index in [2.05, 4.69) is 0 Å². The molecule has 4 heteroatoms. The molecule has 0 bridgehead atoms. The second kappa shape index (κ2) is 7.09. The third kappa shape index (κ3) is 3.97. The maximum Gasteiger partial charge on any atom is 0.150 e. The van der Waals surface area contributed by atoms with E-state index in [0.717, 1.165) is 43.3 Å². The van der Waals surface area contributed by atoms with E-state index in [1.165, 1.54) is 0 Å². The van der Waals surface area contributed by atoms with Crippen LogP contribution in [0.4, 0.5) is 0 Å². The van der Waals surface area contributed by atoms with Gasteiger partial charge in [0.25, 0.3) is 0 Å². The van der Waals surface area contributed by atoms with E-state index in [4.69, 9.17) is 9.47 Å². The maximum absolute atomic E-state index is 10.6. The van der Waals surface area contributed by atoms with E-state index in [9.17, 15) is 9.59 Å². The zero-order valence-corrected chi connectivity index (χ0v) is 12.7. The van der Waals surface area contributed by atoms with Gasteiger partial charge in [-0.05, 0) is 61.4 Å². The van der Waals surface area contributed by atoms with Crippen molar-refractivity contribution in [3.05, 3.63) is 59.7 Å². The molecule has 23 heavy (non-hydrogen) atoms. The lowest BCUT2D eigenvalue weighted by Gasteiger charge is -2.15. The summed E-state index contributed by atoms with van der Waals surface area (Å²) in [5.74, 6) is 1.55. The molecule has 0 unspecified atom stereocenters. The van der Waals surface area contributed by atoms with Crippen molar-refractivity contribution in [3.63, 3.8) is 0 Å². The highest BCUT2D eigenvalue weighted by Crippen LogP contribution is 2.28. The van der Waals surface area contributed by atoms with Crippen LogP contribution in [0, 0.1) is 0 Å². The number of hydrogen-bond donors (Lipinski definition) is 0. The van der Waals surface area contributed by atoms with Gasteiger partial charge in [0.2, 0.25) is 0 Å². The highest BCUT2D eigenvalue weighted by atomic mass is 16.5. The molecule has 0 saturated heterocycles. The first kappa shape index (κ1) is 15.3. The van der Waals surface area contributed by atoms with Gasteiger partial charge in [0.05, 0.1) is 0 Å². The van der Waals surface area contributed by atoms with Crippen molar-refractivity contribution in [2.24, 2.45) is 0 Å². The number of rotatable bonds is 6. The van der Waals surface area contributed by atoms with Crippen LogP contribution in [-0.4, -0.2) is 24.8 Å². The molecule has 0 aliphatic heterocycles. The summed E-state index contributed by atoms with van der Waals surface area (Å²) in [7, 11) is 0. The van der Waals surface area contributed by atoms with Gasteiger partial charge in [-0.3, -0.25) is 9.59 Å². The van der Waals surface area contributed by atoms with Crippen molar-refractivity contribution in [3.8, 4) is 11.5 Å². The van der Waals surface area contributed by atoms with Crippen LogP contribution < -0.4 is 9.47 Å². The summed E-state index contributed by atoms with van der Waals surface area (Å²) in [5, 5.41) is 0. The predicted molar refractivity (Wildman–Crippen MR) is 86.3 cm³/mol. The van der Waals surface area contributed by atoms with Crippen molar-refractivity contribution in [1.82, 2.24) is 0 Å². The monoisotopic (exact) mass is 310 g/mol. The number of benzene rings is 2. The molecule has 0 spiro atoms. The second-order valence-electron chi connectivity index (χ2n) is 5.67. The normalized spacial score (nSPS) is 20.0. The molecule has 4 nitrogen and oxygen atoms in total. The van der Waals surface area contributed by atoms with Gasteiger partial charge >= 0.3 is 0 Å². The van der Waals surface area contributed by atoms with Crippen LogP contribution in [0.5, 0.6) is 11.5 Å². The molecule has 0 radical (unpaired) electrons. The Labute approximate surface area is 135 Å².